The molecular weight excluding hydrogens is 456 g/mol. The molecule has 2 aromatic carbocycles. The molecule has 0 radical (unpaired) electrons. The van der Waals surface area contributed by atoms with Crippen molar-refractivity contribution in [1.82, 2.24) is 39.3 Å². The lowest BCUT2D eigenvalue weighted by atomic mass is 9.98. The van der Waals surface area contributed by atoms with Crippen molar-refractivity contribution in [3.63, 3.8) is 0 Å². The third kappa shape index (κ3) is 4.04. The maximum atomic E-state index is 13.2. The standard InChI is InChI=1S/C26H28N8O2/c1-5-21-27-24-22(25(35)32(4)26(36)34(24)14-16(2)3)33(21)15-17-10-12-18(13-11-17)19-8-6-7-9-20(19)23-28-30-31-29-23/h6-13,16H,5,14-15H2,1-4H3,(H,28,29,30,31). The Labute approximate surface area is 207 Å². The van der Waals surface area contributed by atoms with Crippen molar-refractivity contribution in [2.24, 2.45) is 13.0 Å². The minimum atomic E-state index is -0.335. The summed E-state index contributed by atoms with van der Waals surface area (Å²) in [6, 6.07) is 16.1. The van der Waals surface area contributed by atoms with E-state index in [1.54, 1.807) is 4.57 Å². The second-order valence-corrected chi connectivity index (χ2v) is 9.27. The van der Waals surface area contributed by atoms with E-state index in [1.165, 1.54) is 11.6 Å². The largest absolute Gasteiger partial charge is 0.332 e. The van der Waals surface area contributed by atoms with Crippen LogP contribution in [-0.2, 0) is 26.6 Å². The fraction of sp³-hybridized carbons (Fsp3) is 0.308. The van der Waals surface area contributed by atoms with Gasteiger partial charge < -0.3 is 4.57 Å². The molecule has 0 aliphatic heterocycles. The lowest BCUT2D eigenvalue weighted by molar-refractivity contribution is 0.500. The molecular formula is C26H28N8O2. The van der Waals surface area contributed by atoms with Gasteiger partial charge in [-0.2, -0.15) is 5.21 Å². The van der Waals surface area contributed by atoms with Gasteiger partial charge in [-0.05, 0) is 27.8 Å². The predicted molar refractivity (Wildman–Crippen MR) is 138 cm³/mol. The topological polar surface area (TPSA) is 116 Å². The van der Waals surface area contributed by atoms with Crippen molar-refractivity contribution >= 4 is 11.2 Å². The van der Waals surface area contributed by atoms with Crippen molar-refractivity contribution in [3.05, 3.63) is 80.8 Å². The van der Waals surface area contributed by atoms with Crippen LogP contribution in [0, 0.1) is 5.92 Å². The highest BCUT2D eigenvalue weighted by atomic mass is 16.2. The molecule has 0 saturated carbocycles. The van der Waals surface area contributed by atoms with Crippen LogP contribution in [0.3, 0.4) is 0 Å². The third-order valence-electron chi connectivity index (χ3n) is 6.29. The number of hydrogen-bond acceptors (Lipinski definition) is 6. The first-order valence-corrected chi connectivity index (χ1v) is 12.0. The lowest BCUT2D eigenvalue weighted by Gasteiger charge is -2.13. The Morgan fingerprint density at radius 1 is 0.972 bits per heavy atom. The number of hydrogen-bond donors (Lipinski definition) is 1. The van der Waals surface area contributed by atoms with Crippen LogP contribution in [0.2, 0.25) is 0 Å². The molecule has 184 valence electrons. The van der Waals surface area contributed by atoms with Gasteiger partial charge in [-0.15, -0.1) is 10.2 Å². The van der Waals surface area contributed by atoms with E-state index in [2.05, 4.69) is 20.6 Å². The summed E-state index contributed by atoms with van der Waals surface area (Å²) < 4.78 is 4.74. The normalized spacial score (nSPS) is 11.6. The maximum Gasteiger partial charge on any atom is 0.332 e. The first-order valence-electron chi connectivity index (χ1n) is 12.0. The Morgan fingerprint density at radius 2 is 1.69 bits per heavy atom. The SMILES string of the molecule is CCc1nc2c(c(=O)n(C)c(=O)n2CC(C)C)n1Cc1ccc(-c2ccccc2-c2nn[nH]n2)cc1. The molecule has 5 rings (SSSR count). The van der Waals surface area contributed by atoms with Crippen LogP contribution in [0.4, 0.5) is 0 Å². The van der Waals surface area contributed by atoms with Gasteiger partial charge in [0.25, 0.3) is 5.56 Å². The van der Waals surface area contributed by atoms with Gasteiger partial charge in [0.2, 0.25) is 5.82 Å². The van der Waals surface area contributed by atoms with Crippen molar-refractivity contribution in [2.75, 3.05) is 0 Å². The molecule has 10 nitrogen and oxygen atoms in total. The quantitative estimate of drug-likeness (QED) is 0.380. The van der Waals surface area contributed by atoms with Crippen molar-refractivity contribution in [1.29, 1.82) is 0 Å². The molecule has 36 heavy (non-hydrogen) atoms. The minimum absolute atomic E-state index is 0.237. The number of aryl methyl sites for hydroxylation is 1. The maximum absolute atomic E-state index is 13.2. The lowest BCUT2D eigenvalue weighted by Crippen LogP contribution is -2.39. The van der Waals surface area contributed by atoms with E-state index in [9.17, 15) is 9.59 Å². The van der Waals surface area contributed by atoms with E-state index in [1.807, 2.05) is 73.9 Å². The van der Waals surface area contributed by atoms with E-state index in [0.717, 1.165) is 28.1 Å². The fourth-order valence-electron chi connectivity index (χ4n) is 4.55. The zero-order valence-electron chi connectivity index (χ0n) is 20.8. The Morgan fingerprint density at radius 3 is 2.33 bits per heavy atom. The minimum Gasteiger partial charge on any atom is -0.318 e. The fourth-order valence-corrected chi connectivity index (χ4v) is 4.55. The Bertz CT molecular complexity index is 1640. The third-order valence-corrected chi connectivity index (χ3v) is 6.29. The van der Waals surface area contributed by atoms with E-state index in [-0.39, 0.29) is 17.2 Å². The van der Waals surface area contributed by atoms with Crippen molar-refractivity contribution < 1.29 is 0 Å². The van der Waals surface area contributed by atoms with Crippen LogP contribution in [0.15, 0.2) is 58.1 Å². The summed E-state index contributed by atoms with van der Waals surface area (Å²) in [6.45, 7) is 7.06. The first-order chi connectivity index (χ1) is 17.4. The smallest absolute Gasteiger partial charge is 0.318 e. The first kappa shape index (κ1) is 23.4. The number of tetrazole rings is 1. The monoisotopic (exact) mass is 484 g/mol. The summed E-state index contributed by atoms with van der Waals surface area (Å²) in [5.41, 5.74) is 4.19. The van der Waals surface area contributed by atoms with Gasteiger partial charge in [-0.3, -0.25) is 13.9 Å². The van der Waals surface area contributed by atoms with E-state index < -0.39 is 0 Å². The highest BCUT2D eigenvalue weighted by molar-refractivity contribution is 5.80. The zero-order chi connectivity index (χ0) is 25.4. The van der Waals surface area contributed by atoms with Gasteiger partial charge in [0, 0.05) is 32.1 Å². The molecule has 3 aromatic heterocycles. The molecule has 0 amide bonds. The molecule has 0 spiro atoms. The molecule has 0 bridgehead atoms. The highest BCUT2D eigenvalue weighted by Gasteiger charge is 2.20. The van der Waals surface area contributed by atoms with Gasteiger partial charge in [0.15, 0.2) is 11.2 Å². The zero-order valence-corrected chi connectivity index (χ0v) is 20.8. The number of H-pyrrole nitrogens is 1. The van der Waals surface area contributed by atoms with Crippen molar-refractivity contribution in [2.45, 2.75) is 40.3 Å². The highest BCUT2D eigenvalue weighted by Crippen LogP contribution is 2.30. The van der Waals surface area contributed by atoms with E-state index in [4.69, 9.17) is 4.98 Å². The van der Waals surface area contributed by atoms with Gasteiger partial charge in [0.1, 0.15) is 5.82 Å². The summed E-state index contributed by atoms with van der Waals surface area (Å²) in [7, 11) is 1.53. The Hall–Kier alpha value is -4.34. The van der Waals surface area contributed by atoms with Crippen LogP contribution < -0.4 is 11.2 Å². The summed E-state index contributed by atoms with van der Waals surface area (Å²) in [5.74, 6) is 1.55. The average molecular weight is 485 g/mol. The predicted octanol–water partition coefficient (Wildman–Crippen LogP) is 3.01. The van der Waals surface area contributed by atoms with E-state index >= 15 is 0 Å². The van der Waals surface area contributed by atoms with Gasteiger partial charge in [-0.25, -0.2) is 9.78 Å². The van der Waals surface area contributed by atoms with Crippen LogP contribution in [0.5, 0.6) is 0 Å². The van der Waals surface area contributed by atoms with Gasteiger partial charge in [-0.1, -0.05) is 69.3 Å². The molecule has 0 fully saturated rings. The van der Waals surface area contributed by atoms with E-state index in [0.29, 0.717) is 36.5 Å². The summed E-state index contributed by atoms with van der Waals surface area (Å²) in [6.07, 6.45) is 0.643. The summed E-state index contributed by atoms with van der Waals surface area (Å²) >= 11 is 0. The number of fused-ring (bicyclic) bond motifs is 1. The van der Waals surface area contributed by atoms with Crippen LogP contribution in [-0.4, -0.2) is 39.3 Å². The number of aromatic amines is 1. The number of benzene rings is 2. The molecule has 1 N–H and O–H groups in total. The van der Waals surface area contributed by atoms with Crippen LogP contribution in [0.1, 0.15) is 32.2 Å². The van der Waals surface area contributed by atoms with Gasteiger partial charge >= 0.3 is 5.69 Å². The Balaban J connectivity index is 1.56. The number of imidazole rings is 1. The molecule has 0 aliphatic rings. The van der Waals surface area contributed by atoms with Crippen LogP contribution >= 0.6 is 0 Å². The Kier molecular flexibility index (Phi) is 6.09. The second kappa shape index (κ2) is 9.37. The summed E-state index contributed by atoms with van der Waals surface area (Å²) in [5, 5.41) is 14.4. The molecule has 0 aliphatic carbocycles. The molecule has 0 atom stereocenters. The van der Waals surface area contributed by atoms with Crippen LogP contribution in [0.25, 0.3) is 33.7 Å². The average Bonchev–Trinajstić information content (AvgIpc) is 3.54. The number of aromatic nitrogens is 8. The van der Waals surface area contributed by atoms with Crippen molar-refractivity contribution in [3.8, 4) is 22.5 Å². The van der Waals surface area contributed by atoms with Gasteiger partial charge in [0.05, 0.1) is 0 Å². The number of rotatable bonds is 7. The second-order valence-electron chi connectivity index (χ2n) is 9.27. The summed E-state index contributed by atoms with van der Waals surface area (Å²) in [4.78, 5) is 30.8. The number of nitrogens with zero attached hydrogens (tertiary/aromatic N) is 7. The molecule has 5 aromatic rings. The molecule has 10 heteroatoms. The molecule has 0 saturated heterocycles. The number of nitrogens with one attached hydrogen (secondary N) is 1. The molecule has 3 heterocycles. The molecule has 0 unspecified atom stereocenters.